The number of rotatable bonds is 6. The second-order valence-corrected chi connectivity index (χ2v) is 6.53. The second kappa shape index (κ2) is 8.06. The fourth-order valence-corrected chi connectivity index (χ4v) is 3.46. The molecule has 0 bridgehead atoms. The van der Waals surface area contributed by atoms with Crippen LogP contribution in [-0.2, 0) is 11.3 Å². The van der Waals surface area contributed by atoms with Crippen LogP contribution >= 0.6 is 0 Å². The second-order valence-electron chi connectivity index (χ2n) is 6.53. The van der Waals surface area contributed by atoms with E-state index in [0.29, 0.717) is 11.5 Å². The van der Waals surface area contributed by atoms with Gasteiger partial charge in [0.2, 0.25) is 0 Å². The van der Waals surface area contributed by atoms with E-state index >= 15 is 0 Å². The molecule has 1 amide bonds. The highest BCUT2D eigenvalue weighted by atomic mass is 16.5. The van der Waals surface area contributed by atoms with Crippen molar-refractivity contribution in [3.63, 3.8) is 0 Å². The smallest absolute Gasteiger partial charge is 0.260 e. The molecular weight excluding hydrogens is 366 g/mol. The summed E-state index contributed by atoms with van der Waals surface area (Å²) in [5.41, 5.74) is 5.44. The molecule has 0 aliphatic heterocycles. The highest BCUT2D eigenvalue weighted by Crippen LogP contribution is 2.28. The zero-order valence-corrected chi connectivity index (χ0v) is 16.3. The average Bonchev–Trinajstić information content (AvgIpc) is 3.07. The van der Waals surface area contributed by atoms with Crippen molar-refractivity contribution in [3.05, 3.63) is 72.3 Å². The Hall–Kier alpha value is -3.80. The molecule has 0 unspecified atom stereocenters. The fourth-order valence-electron chi connectivity index (χ4n) is 3.46. The minimum absolute atomic E-state index is 0.178. The number of carbonyl (C=O) groups is 1. The Balaban J connectivity index is 1.53. The van der Waals surface area contributed by atoms with Crippen molar-refractivity contribution in [2.24, 2.45) is 5.10 Å². The molecule has 0 spiro atoms. The number of methoxy groups -OCH3 is 2. The minimum Gasteiger partial charge on any atom is -0.493 e. The van der Waals surface area contributed by atoms with Gasteiger partial charge in [0.05, 0.1) is 20.4 Å². The highest BCUT2D eigenvalue weighted by Gasteiger charge is 2.12. The number of ether oxygens (including phenoxy) is 2. The molecule has 1 N–H and O–H groups in total. The first-order chi connectivity index (χ1) is 14.2. The van der Waals surface area contributed by atoms with Crippen molar-refractivity contribution in [2.45, 2.75) is 6.54 Å². The zero-order valence-electron chi connectivity index (χ0n) is 16.3. The number of nitrogens with one attached hydrogen (secondary N) is 1. The number of nitrogens with zero attached hydrogens (tertiary/aromatic N) is 2. The van der Waals surface area contributed by atoms with E-state index in [0.717, 1.165) is 27.4 Å². The van der Waals surface area contributed by atoms with Gasteiger partial charge < -0.3 is 14.0 Å². The van der Waals surface area contributed by atoms with E-state index in [1.54, 1.807) is 32.6 Å². The lowest BCUT2D eigenvalue weighted by Gasteiger charge is -2.08. The molecule has 146 valence electrons. The third kappa shape index (κ3) is 3.65. The predicted molar refractivity (Wildman–Crippen MR) is 115 cm³/mol. The highest BCUT2D eigenvalue weighted by molar-refractivity contribution is 6.08. The summed E-state index contributed by atoms with van der Waals surface area (Å²) in [4.78, 5) is 12.5. The average molecular weight is 387 g/mol. The minimum atomic E-state index is -0.201. The van der Waals surface area contributed by atoms with Crippen molar-refractivity contribution in [3.8, 4) is 11.5 Å². The standard InChI is InChI=1S/C23H21N3O3/c1-28-21-12-11-16(13-22(21)29-2)14-24-25-23(27)15-26-19-9-5-3-7-17(19)18-8-4-6-10-20(18)26/h3-14H,15H2,1-2H3,(H,25,27)/b24-14+. The fraction of sp³-hybridized carbons (Fsp3) is 0.130. The Morgan fingerprint density at radius 2 is 1.55 bits per heavy atom. The van der Waals surface area contributed by atoms with Gasteiger partial charge in [-0.25, -0.2) is 5.43 Å². The summed E-state index contributed by atoms with van der Waals surface area (Å²) in [6.07, 6.45) is 1.58. The molecule has 0 aliphatic carbocycles. The number of carbonyl (C=O) groups excluding carboxylic acids is 1. The van der Waals surface area contributed by atoms with E-state index in [9.17, 15) is 4.79 Å². The summed E-state index contributed by atoms with van der Waals surface area (Å²) >= 11 is 0. The Bertz CT molecular complexity index is 1160. The van der Waals surface area contributed by atoms with Gasteiger partial charge in [0.25, 0.3) is 5.91 Å². The number of benzene rings is 3. The van der Waals surface area contributed by atoms with Crippen LogP contribution in [0.1, 0.15) is 5.56 Å². The maximum atomic E-state index is 12.5. The first-order valence-corrected chi connectivity index (χ1v) is 9.21. The molecule has 0 saturated heterocycles. The lowest BCUT2D eigenvalue weighted by Crippen LogP contribution is -2.23. The van der Waals surface area contributed by atoms with E-state index in [4.69, 9.17) is 9.47 Å². The van der Waals surface area contributed by atoms with Crippen molar-refractivity contribution < 1.29 is 14.3 Å². The molecule has 4 aromatic rings. The number of fused-ring (bicyclic) bond motifs is 3. The Morgan fingerprint density at radius 1 is 0.931 bits per heavy atom. The summed E-state index contributed by atoms with van der Waals surface area (Å²) in [6, 6.07) is 21.6. The van der Waals surface area contributed by atoms with Crippen LogP contribution in [0.3, 0.4) is 0 Å². The van der Waals surface area contributed by atoms with E-state index in [1.165, 1.54) is 0 Å². The van der Waals surface area contributed by atoms with Gasteiger partial charge in [0.1, 0.15) is 6.54 Å². The van der Waals surface area contributed by atoms with Crippen LogP contribution in [0.25, 0.3) is 21.8 Å². The molecule has 0 radical (unpaired) electrons. The SMILES string of the molecule is COc1ccc(/C=N/NC(=O)Cn2c3ccccc3c3ccccc32)cc1OC. The molecule has 4 rings (SSSR count). The predicted octanol–water partition coefficient (Wildman–Crippen LogP) is 3.96. The zero-order chi connectivity index (χ0) is 20.2. The van der Waals surface area contributed by atoms with Crippen LogP contribution in [0.5, 0.6) is 11.5 Å². The van der Waals surface area contributed by atoms with Crippen molar-refractivity contribution in [1.29, 1.82) is 0 Å². The maximum absolute atomic E-state index is 12.5. The molecule has 0 aliphatic rings. The third-order valence-electron chi connectivity index (χ3n) is 4.79. The van der Waals surface area contributed by atoms with E-state index < -0.39 is 0 Å². The van der Waals surface area contributed by atoms with Gasteiger partial charge in [-0.1, -0.05) is 36.4 Å². The van der Waals surface area contributed by atoms with Crippen molar-refractivity contribution in [2.75, 3.05) is 14.2 Å². The first kappa shape index (κ1) is 18.6. The number of aromatic nitrogens is 1. The molecule has 0 saturated carbocycles. The van der Waals surface area contributed by atoms with E-state index in [-0.39, 0.29) is 12.5 Å². The molecule has 0 atom stereocenters. The molecule has 6 nitrogen and oxygen atoms in total. The van der Waals surface area contributed by atoms with Crippen LogP contribution in [0.15, 0.2) is 71.8 Å². The van der Waals surface area contributed by atoms with E-state index in [2.05, 4.69) is 22.7 Å². The quantitative estimate of drug-likeness (QED) is 0.402. The van der Waals surface area contributed by atoms with Gasteiger partial charge in [-0.3, -0.25) is 4.79 Å². The molecule has 1 aromatic heterocycles. The molecule has 0 fully saturated rings. The first-order valence-electron chi connectivity index (χ1n) is 9.21. The number of hydrazone groups is 1. The number of hydrogen-bond acceptors (Lipinski definition) is 4. The summed E-state index contributed by atoms with van der Waals surface area (Å²) < 4.78 is 12.5. The molecule has 1 heterocycles. The summed E-state index contributed by atoms with van der Waals surface area (Å²) in [6.45, 7) is 0.178. The van der Waals surface area contributed by atoms with Crippen LogP contribution in [-0.4, -0.2) is 30.9 Å². The lowest BCUT2D eigenvalue weighted by molar-refractivity contribution is -0.121. The van der Waals surface area contributed by atoms with Gasteiger partial charge in [-0.15, -0.1) is 0 Å². The topological polar surface area (TPSA) is 64.8 Å². The summed E-state index contributed by atoms with van der Waals surface area (Å²) in [5, 5.41) is 6.34. The lowest BCUT2D eigenvalue weighted by atomic mass is 10.2. The monoisotopic (exact) mass is 387 g/mol. The Labute approximate surface area is 168 Å². The van der Waals surface area contributed by atoms with Crippen LogP contribution in [0, 0.1) is 0 Å². The maximum Gasteiger partial charge on any atom is 0.260 e. The van der Waals surface area contributed by atoms with Gasteiger partial charge in [-0.05, 0) is 35.9 Å². The normalized spacial score (nSPS) is 11.2. The molecule has 3 aromatic carbocycles. The Morgan fingerprint density at radius 3 is 2.17 bits per heavy atom. The number of hydrogen-bond donors (Lipinski definition) is 1. The van der Waals surface area contributed by atoms with Gasteiger partial charge >= 0.3 is 0 Å². The summed E-state index contributed by atoms with van der Waals surface area (Å²) in [7, 11) is 3.16. The van der Waals surface area contributed by atoms with Crippen LogP contribution in [0.4, 0.5) is 0 Å². The molecule has 29 heavy (non-hydrogen) atoms. The van der Waals surface area contributed by atoms with Gasteiger partial charge in [0.15, 0.2) is 11.5 Å². The van der Waals surface area contributed by atoms with E-state index in [1.807, 2.05) is 47.0 Å². The van der Waals surface area contributed by atoms with Crippen LogP contribution < -0.4 is 14.9 Å². The molecular formula is C23H21N3O3. The number of amides is 1. The van der Waals surface area contributed by atoms with Gasteiger partial charge in [0, 0.05) is 21.8 Å². The third-order valence-corrected chi connectivity index (χ3v) is 4.79. The van der Waals surface area contributed by atoms with Crippen LogP contribution in [0.2, 0.25) is 0 Å². The number of para-hydroxylation sites is 2. The van der Waals surface area contributed by atoms with Gasteiger partial charge in [-0.2, -0.15) is 5.10 Å². The van der Waals surface area contributed by atoms with Crippen molar-refractivity contribution in [1.82, 2.24) is 9.99 Å². The molecule has 6 heteroatoms. The summed E-state index contributed by atoms with van der Waals surface area (Å²) in [5.74, 6) is 1.04. The Kier molecular flexibility index (Phi) is 5.16. The van der Waals surface area contributed by atoms with Crippen molar-refractivity contribution >= 4 is 33.9 Å². The largest absolute Gasteiger partial charge is 0.493 e.